The van der Waals surface area contributed by atoms with E-state index in [2.05, 4.69) is 12.2 Å². The molecule has 0 bridgehead atoms. The Bertz CT molecular complexity index is 267. The Morgan fingerprint density at radius 3 is 2.53 bits per heavy atom. The van der Waals surface area contributed by atoms with Crippen LogP contribution in [0.1, 0.15) is 59.8 Å². The summed E-state index contributed by atoms with van der Waals surface area (Å²) in [5, 5.41) is 2.79. The fourth-order valence-corrected chi connectivity index (χ4v) is 2.21. The Morgan fingerprint density at radius 2 is 1.95 bits per heavy atom. The summed E-state index contributed by atoms with van der Waals surface area (Å²) in [5.41, 5.74) is 0. The van der Waals surface area contributed by atoms with Gasteiger partial charge in [0.05, 0.1) is 5.92 Å². The lowest BCUT2D eigenvalue weighted by Crippen LogP contribution is -2.33. The quantitative estimate of drug-likeness (QED) is 0.723. The molecular weight excluding hydrogens is 240 g/mol. The van der Waals surface area contributed by atoms with Crippen molar-refractivity contribution in [1.82, 2.24) is 10.2 Å². The fourth-order valence-electron chi connectivity index (χ4n) is 2.21. The summed E-state index contributed by atoms with van der Waals surface area (Å²) in [4.78, 5) is 25.2. The minimum absolute atomic E-state index is 0.0249. The summed E-state index contributed by atoms with van der Waals surface area (Å²) >= 11 is 0. The van der Waals surface area contributed by atoms with Crippen LogP contribution in [0.2, 0.25) is 0 Å². The van der Waals surface area contributed by atoms with Gasteiger partial charge in [-0.2, -0.15) is 0 Å². The molecule has 19 heavy (non-hydrogen) atoms. The maximum absolute atomic E-state index is 11.7. The maximum atomic E-state index is 11.7. The number of carbonyl (C=O) groups excluding carboxylic acids is 2. The van der Waals surface area contributed by atoms with E-state index in [9.17, 15) is 9.59 Å². The van der Waals surface area contributed by atoms with E-state index in [1.54, 1.807) is 0 Å². The fraction of sp³-hybridized carbons (Fsp3) is 0.867. The Balaban J connectivity index is 0.00000154. The first-order chi connectivity index (χ1) is 9.19. The highest BCUT2D eigenvalue weighted by atomic mass is 16.2. The monoisotopic (exact) mass is 270 g/mol. The number of hydrogen-bond donors (Lipinski definition) is 1. The minimum Gasteiger partial charge on any atom is -0.356 e. The van der Waals surface area contributed by atoms with E-state index in [1.807, 2.05) is 25.7 Å². The molecule has 1 aliphatic rings. The molecule has 0 aromatic rings. The van der Waals surface area contributed by atoms with Crippen molar-refractivity contribution >= 4 is 11.8 Å². The molecule has 4 nitrogen and oxygen atoms in total. The molecule has 1 unspecified atom stereocenters. The number of likely N-dealkylation sites (tertiary alicyclic amines) is 1. The number of rotatable bonds is 7. The summed E-state index contributed by atoms with van der Waals surface area (Å²) in [6.07, 6.45) is 5.05. The van der Waals surface area contributed by atoms with Gasteiger partial charge in [0.15, 0.2) is 0 Å². The number of unbranched alkanes of at least 4 members (excludes halogenated alkanes) is 3. The van der Waals surface area contributed by atoms with Crippen molar-refractivity contribution < 1.29 is 9.59 Å². The molecule has 2 amide bonds. The van der Waals surface area contributed by atoms with Gasteiger partial charge < -0.3 is 10.2 Å². The number of carbonyl (C=O) groups is 2. The third kappa shape index (κ3) is 6.60. The van der Waals surface area contributed by atoms with Crippen LogP contribution in [0.15, 0.2) is 0 Å². The van der Waals surface area contributed by atoms with Crippen molar-refractivity contribution in [3.8, 4) is 0 Å². The van der Waals surface area contributed by atoms with Crippen molar-refractivity contribution in [2.24, 2.45) is 5.92 Å². The Labute approximate surface area is 117 Å². The van der Waals surface area contributed by atoms with E-state index in [0.29, 0.717) is 19.5 Å². The molecule has 1 saturated heterocycles. The molecule has 1 fully saturated rings. The number of nitrogens with zero attached hydrogens (tertiary/aromatic N) is 1. The van der Waals surface area contributed by atoms with Gasteiger partial charge in [0.2, 0.25) is 11.8 Å². The van der Waals surface area contributed by atoms with Crippen LogP contribution in [0.4, 0.5) is 0 Å². The zero-order valence-corrected chi connectivity index (χ0v) is 13.0. The highest BCUT2D eigenvalue weighted by molar-refractivity contribution is 5.89. The van der Waals surface area contributed by atoms with Gasteiger partial charge in [0.25, 0.3) is 0 Å². The molecule has 1 heterocycles. The lowest BCUT2D eigenvalue weighted by molar-refractivity contribution is -0.129. The van der Waals surface area contributed by atoms with Crippen molar-refractivity contribution in [2.45, 2.75) is 59.8 Å². The first-order valence-electron chi connectivity index (χ1n) is 7.74. The molecule has 0 aromatic carbocycles. The molecule has 4 heteroatoms. The Morgan fingerprint density at radius 1 is 1.26 bits per heavy atom. The molecular formula is C15H30N2O2. The van der Waals surface area contributed by atoms with E-state index < -0.39 is 0 Å². The lowest BCUT2D eigenvalue weighted by atomic mass is 10.1. The second kappa shape index (κ2) is 10.8. The Kier molecular flexibility index (Phi) is 10.2. The molecule has 1 aliphatic heterocycles. The summed E-state index contributed by atoms with van der Waals surface area (Å²) in [6, 6.07) is 0. The predicted molar refractivity (Wildman–Crippen MR) is 78.9 cm³/mol. The maximum Gasteiger partial charge on any atom is 0.225 e. The zero-order chi connectivity index (χ0) is 14.7. The summed E-state index contributed by atoms with van der Waals surface area (Å²) in [5.74, 6) is 0.0308. The summed E-state index contributed by atoms with van der Waals surface area (Å²) in [6.45, 7) is 10.1. The molecule has 0 aromatic heterocycles. The largest absolute Gasteiger partial charge is 0.356 e. The van der Waals surface area contributed by atoms with Gasteiger partial charge in [-0.25, -0.2) is 0 Å². The van der Waals surface area contributed by atoms with Crippen LogP contribution in [0.5, 0.6) is 0 Å². The van der Waals surface area contributed by atoms with E-state index in [1.165, 1.54) is 19.3 Å². The van der Waals surface area contributed by atoms with Crippen LogP contribution < -0.4 is 5.32 Å². The van der Waals surface area contributed by atoms with Gasteiger partial charge in [-0.3, -0.25) is 9.59 Å². The minimum atomic E-state index is -0.131. The van der Waals surface area contributed by atoms with Gasteiger partial charge in [-0.15, -0.1) is 0 Å². The smallest absolute Gasteiger partial charge is 0.225 e. The molecule has 0 aliphatic carbocycles. The van der Waals surface area contributed by atoms with Crippen LogP contribution in [-0.4, -0.2) is 36.3 Å². The lowest BCUT2D eigenvalue weighted by Gasteiger charge is -2.16. The first-order valence-corrected chi connectivity index (χ1v) is 7.74. The highest BCUT2D eigenvalue weighted by Crippen LogP contribution is 2.18. The summed E-state index contributed by atoms with van der Waals surface area (Å²) in [7, 11) is 0. The Hall–Kier alpha value is -1.06. The standard InChI is InChI=1S/C13H24N2O2.C2H6/c1-3-5-6-7-8-15-10-11(9-12(15)16)13(17)14-4-2;1-2/h11H,3-10H2,1-2H3,(H,14,17);1-2H3. The second-order valence-electron chi connectivity index (χ2n) is 4.70. The average Bonchev–Trinajstić information content (AvgIpc) is 2.79. The van der Waals surface area contributed by atoms with E-state index >= 15 is 0 Å². The first kappa shape index (κ1) is 17.9. The van der Waals surface area contributed by atoms with Crippen LogP contribution >= 0.6 is 0 Å². The van der Waals surface area contributed by atoms with E-state index in [4.69, 9.17) is 0 Å². The van der Waals surface area contributed by atoms with Gasteiger partial charge in [0.1, 0.15) is 0 Å². The topological polar surface area (TPSA) is 49.4 Å². The van der Waals surface area contributed by atoms with Crippen molar-refractivity contribution in [3.05, 3.63) is 0 Å². The van der Waals surface area contributed by atoms with E-state index in [0.717, 1.165) is 13.0 Å². The third-order valence-corrected chi connectivity index (χ3v) is 3.22. The molecule has 112 valence electrons. The molecule has 0 saturated carbocycles. The summed E-state index contributed by atoms with van der Waals surface area (Å²) < 4.78 is 0. The molecule has 1 rings (SSSR count). The second-order valence-corrected chi connectivity index (χ2v) is 4.70. The number of amides is 2. The van der Waals surface area contributed by atoms with Crippen molar-refractivity contribution in [3.63, 3.8) is 0 Å². The van der Waals surface area contributed by atoms with Gasteiger partial charge in [-0.05, 0) is 13.3 Å². The predicted octanol–water partition coefficient (Wildman–Crippen LogP) is 2.58. The van der Waals surface area contributed by atoms with Crippen LogP contribution in [-0.2, 0) is 9.59 Å². The van der Waals surface area contributed by atoms with Gasteiger partial charge in [-0.1, -0.05) is 40.0 Å². The average molecular weight is 270 g/mol. The van der Waals surface area contributed by atoms with Crippen LogP contribution in [0, 0.1) is 5.92 Å². The molecule has 1 N–H and O–H groups in total. The normalized spacial score (nSPS) is 18.0. The number of nitrogens with one attached hydrogen (secondary N) is 1. The molecule has 0 radical (unpaired) electrons. The van der Waals surface area contributed by atoms with Crippen LogP contribution in [0.3, 0.4) is 0 Å². The van der Waals surface area contributed by atoms with Crippen molar-refractivity contribution in [2.75, 3.05) is 19.6 Å². The molecule has 1 atom stereocenters. The SMILES string of the molecule is CC.CCCCCCN1CC(C(=O)NCC)CC1=O. The van der Waals surface area contributed by atoms with Crippen LogP contribution in [0.25, 0.3) is 0 Å². The number of hydrogen-bond acceptors (Lipinski definition) is 2. The highest BCUT2D eigenvalue weighted by Gasteiger charge is 2.33. The zero-order valence-electron chi connectivity index (χ0n) is 13.0. The molecule has 0 spiro atoms. The van der Waals surface area contributed by atoms with E-state index in [-0.39, 0.29) is 17.7 Å². The van der Waals surface area contributed by atoms with Crippen molar-refractivity contribution in [1.29, 1.82) is 0 Å². The third-order valence-electron chi connectivity index (χ3n) is 3.22. The van der Waals surface area contributed by atoms with Gasteiger partial charge >= 0.3 is 0 Å². The van der Waals surface area contributed by atoms with Gasteiger partial charge in [0, 0.05) is 26.1 Å².